The molecule has 4 rings (SSSR count). The molecule has 2 aromatic rings. The Morgan fingerprint density at radius 3 is 2.33 bits per heavy atom. The van der Waals surface area contributed by atoms with Crippen LogP contribution in [0.2, 0.25) is 0 Å². The zero-order valence-electron chi connectivity index (χ0n) is 27.5. The Kier molecular flexibility index (Phi) is 11.9. The van der Waals surface area contributed by atoms with E-state index in [1.807, 2.05) is 52.0 Å². The fourth-order valence-corrected chi connectivity index (χ4v) is 5.17. The second kappa shape index (κ2) is 15.5. The molecule has 2 aliphatic rings. The van der Waals surface area contributed by atoms with Gasteiger partial charge in [-0.2, -0.15) is 13.2 Å². The third kappa shape index (κ3) is 10.0. The van der Waals surface area contributed by atoms with Crippen molar-refractivity contribution in [3.8, 4) is 0 Å². The topological polar surface area (TPSA) is 144 Å². The number of halogens is 3. The average Bonchev–Trinajstić information content (AvgIpc) is 3.54. The van der Waals surface area contributed by atoms with Crippen LogP contribution in [0.15, 0.2) is 48.5 Å². The molecule has 2 saturated heterocycles. The predicted octanol–water partition coefficient (Wildman–Crippen LogP) is 3.91. The maximum atomic E-state index is 13.1. The largest absolute Gasteiger partial charge is 0.494 e. The second-order valence-corrected chi connectivity index (χ2v) is 13.0. The van der Waals surface area contributed by atoms with Gasteiger partial charge in [0.25, 0.3) is 0 Å². The number of nitrogens with one attached hydrogen (secondary N) is 4. The zero-order chi connectivity index (χ0) is 35.1. The Balaban J connectivity index is 1.20. The summed E-state index contributed by atoms with van der Waals surface area (Å²) >= 11 is 0. The first-order valence-corrected chi connectivity index (χ1v) is 16.0. The summed E-state index contributed by atoms with van der Waals surface area (Å²) in [6, 6.07) is 9.84. The number of benzene rings is 2. The van der Waals surface area contributed by atoms with E-state index >= 15 is 0 Å². The molecule has 2 aromatic carbocycles. The van der Waals surface area contributed by atoms with Crippen molar-refractivity contribution in [3.63, 3.8) is 0 Å². The van der Waals surface area contributed by atoms with Crippen molar-refractivity contribution in [2.45, 2.75) is 109 Å². The van der Waals surface area contributed by atoms with E-state index < -0.39 is 54.0 Å². The Bertz CT molecular complexity index is 1450. The van der Waals surface area contributed by atoms with Crippen LogP contribution in [0, 0.1) is 0 Å². The lowest BCUT2D eigenvalue weighted by atomic mass is 9.79. The summed E-state index contributed by atoms with van der Waals surface area (Å²) in [6.45, 7) is 8.10. The highest BCUT2D eigenvalue weighted by Gasteiger charge is 2.51. The van der Waals surface area contributed by atoms with E-state index in [2.05, 4.69) is 21.4 Å². The third-order valence-electron chi connectivity index (χ3n) is 8.73. The third-order valence-corrected chi connectivity index (χ3v) is 8.73. The van der Waals surface area contributed by atoms with Gasteiger partial charge in [0, 0.05) is 18.5 Å². The van der Waals surface area contributed by atoms with E-state index in [0.29, 0.717) is 19.3 Å². The molecule has 2 heterocycles. The lowest BCUT2D eigenvalue weighted by Gasteiger charge is -2.32. The molecular formula is C33H42BF3N4O7. The van der Waals surface area contributed by atoms with Crippen LogP contribution < -0.4 is 26.9 Å². The van der Waals surface area contributed by atoms with Crippen LogP contribution in [0.25, 0.3) is 0 Å². The Morgan fingerprint density at radius 1 is 1.02 bits per heavy atom. The molecule has 1 unspecified atom stereocenters. The summed E-state index contributed by atoms with van der Waals surface area (Å²) in [4.78, 5) is 55.0. The summed E-state index contributed by atoms with van der Waals surface area (Å²) in [5, 5.41) is 7.59. The van der Waals surface area contributed by atoms with Crippen molar-refractivity contribution < 1.29 is 46.5 Å². The van der Waals surface area contributed by atoms with Crippen LogP contribution in [0.5, 0.6) is 0 Å². The van der Waals surface area contributed by atoms with E-state index in [-0.39, 0.29) is 49.8 Å². The maximum Gasteiger partial charge on any atom is 0.494 e. The molecule has 0 spiro atoms. The summed E-state index contributed by atoms with van der Waals surface area (Å²) in [7, 11) is -0.476. The molecule has 48 heavy (non-hydrogen) atoms. The first-order valence-electron chi connectivity index (χ1n) is 16.0. The maximum absolute atomic E-state index is 13.1. The van der Waals surface area contributed by atoms with Gasteiger partial charge in [-0.15, -0.1) is 0 Å². The van der Waals surface area contributed by atoms with Gasteiger partial charge in [0.15, 0.2) is 0 Å². The minimum absolute atomic E-state index is 0.0687. The van der Waals surface area contributed by atoms with Crippen LogP contribution in [-0.2, 0) is 46.1 Å². The fraction of sp³-hybridized carbons (Fsp3) is 0.515. The number of alkyl halides is 3. The standard InChI is InChI=1S/C33H42BF3N4O7/c1-31(2)32(3,4)48-34(47-31)23-15-13-21(14-16-23)20-46-41-28(43)12-7-5-6-11-25(40-30(45)26-17-18-27(42)39-26)29(44)38-24-10-8-9-22(19-24)33(35,36)37/h8-10,13-16,19,25-26H,5-7,11-12,17-18,20H2,1-4H3,(H,38,44)(H,39,42)(H,40,45)(H,41,43)/t25-,26?/m0/s1. The van der Waals surface area contributed by atoms with Crippen LogP contribution in [0.3, 0.4) is 0 Å². The minimum atomic E-state index is -4.59. The van der Waals surface area contributed by atoms with Gasteiger partial charge in [-0.3, -0.25) is 24.0 Å². The number of amides is 4. The minimum Gasteiger partial charge on any atom is -0.399 e. The summed E-state index contributed by atoms with van der Waals surface area (Å²) in [5.41, 5.74) is 2.25. The number of hydroxylamine groups is 1. The summed E-state index contributed by atoms with van der Waals surface area (Å²) < 4.78 is 51.5. The van der Waals surface area contributed by atoms with E-state index in [0.717, 1.165) is 23.2 Å². The second-order valence-electron chi connectivity index (χ2n) is 13.0. The number of carbonyl (C=O) groups is 4. The Labute approximate surface area is 278 Å². The summed E-state index contributed by atoms with van der Waals surface area (Å²) in [5.74, 6) is -1.85. The fourth-order valence-electron chi connectivity index (χ4n) is 5.17. The van der Waals surface area contributed by atoms with Crippen molar-refractivity contribution in [2.24, 2.45) is 0 Å². The average molecular weight is 675 g/mol. The van der Waals surface area contributed by atoms with E-state index in [1.165, 1.54) is 12.1 Å². The molecule has 0 saturated carbocycles. The number of carbonyl (C=O) groups excluding carboxylic acids is 4. The normalized spacial score (nSPS) is 19.0. The molecule has 4 amide bonds. The first-order chi connectivity index (χ1) is 22.5. The molecule has 0 aliphatic carbocycles. The van der Waals surface area contributed by atoms with Gasteiger partial charge in [0.1, 0.15) is 12.1 Å². The van der Waals surface area contributed by atoms with Gasteiger partial charge in [0.05, 0.1) is 23.4 Å². The van der Waals surface area contributed by atoms with Crippen LogP contribution >= 0.6 is 0 Å². The lowest BCUT2D eigenvalue weighted by Crippen LogP contribution is -2.50. The molecule has 15 heteroatoms. The molecule has 2 fully saturated rings. The van der Waals surface area contributed by atoms with Gasteiger partial charge in [-0.05, 0) is 76.2 Å². The highest BCUT2D eigenvalue weighted by molar-refractivity contribution is 6.62. The van der Waals surface area contributed by atoms with Gasteiger partial charge in [-0.1, -0.05) is 43.2 Å². The number of unbranched alkanes of at least 4 members (excludes halogenated alkanes) is 2. The van der Waals surface area contributed by atoms with Gasteiger partial charge in [-0.25, -0.2) is 5.48 Å². The van der Waals surface area contributed by atoms with Crippen LogP contribution in [0.4, 0.5) is 18.9 Å². The highest BCUT2D eigenvalue weighted by Crippen LogP contribution is 2.36. The van der Waals surface area contributed by atoms with Crippen molar-refractivity contribution in [3.05, 3.63) is 59.7 Å². The Morgan fingerprint density at radius 2 is 1.71 bits per heavy atom. The molecule has 0 aromatic heterocycles. The van der Waals surface area contributed by atoms with Gasteiger partial charge >= 0.3 is 13.3 Å². The lowest BCUT2D eigenvalue weighted by molar-refractivity contribution is -0.137. The zero-order valence-corrected chi connectivity index (χ0v) is 27.5. The van der Waals surface area contributed by atoms with Crippen LogP contribution in [0.1, 0.15) is 83.8 Å². The molecular weight excluding hydrogens is 632 g/mol. The number of hydrogen-bond donors (Lipinski definition) is 4. The van der Waals surface area contributed by atoms with Crippen molar-refractivity contribution in [1.29, 1.82) is 0 Å². The molecule has 2 aliphatic heterocycles. The van der Waals surface area contributed by atoms with Gasteiger partial charge < -0.3 is 25.3 Å². The predicted molar refractivity (Wildman–Crippen MR) is 171 cm³/mol. The van der Waals surface area contributed by atoms with E-state index in [4.69, 9.17) is 14.1 Å². The van der Waals surface area contributed by atoms with E-state index in [9.17, 15) is 32.3 Å². The number of hydrogen-bond acceptors (Lipinski definition) is 7. The highest BCUT2D eigenvalue weighted by atomic mass is 19.4. The SMILES string of the molecule is CC1(C)OB(c2ccc(CONC(=O)CCCCC[C@H](NC(=O)C3CCC(=O)N3)C(=O)Nc3cccc(C(F)(F)F)c3)cc2)OC1(C)C. The molecule has 0 bridgehead atoms. The monoisotopic (exact) mass is 674 g/mol. The molecule has 2 atom stereocenters. The van der Waals surface area contributed by atoms with Crippen LogP contribution in [-0.4, -0.2) is 54.0 Å². The Hall–Kier alpha value is -3.95. The summed E-state index contributed by atoms with van der Waals surface area (Å²) in [6.07, 6.45) is -2.39. The van der Waals surface area contributed by atoms with E-state index in [1.54, 1.807) is 0 Å². The number of anilines is 1. The molecule has 0 radical (unpaired) electrons. The van der Waals surface area contributed by atoms with Crippen molar-refractivity contribution in [2.75, 3.05) is 5.32 Å². The van der Waals surface area contributed by atoms with Crippen molar-refractivity contribution >= 4 is 41.9 Å². The molecule has 11 nitrogen and oxygen atoms in total. The van der Waals surface area contributed by atoms with Gasteiger partial charge in [0.2, 0.25) is 23.6 Å². The number of rotatable bonds is 14. The smallest absolute Gasteiger partial charge is 0.399 e. The first kappa shape index (κ1) is 36.9. The molecule has 4 N–H and O–H groups in total. The molecule has 260 valence electrons. The van der Waals surface area contributed by atoms with Crippen molar-refractivity contribution in [1.82, 2.24) is 16.1 Å². The quantitative estimate of drug-likeness (QED) is 0.135.